The van der Waals surface area contributed by atoms with E-state index >= 15 is 0 Å². The zero-order valence-corrected chi connectivity index (χ0v) is 26.1. The lowest BCUT2D eigenvalue weighted by molar-refractivity contribution is -0.180. The van der Waals surface area contributed by atoms with Gasteiger partial charge in [0.05, 0.1) is 13.2 Å². The van der Waals surface area contributed by atoms with Crippen molar-refractivity contribution >= 4 is 17.3 Å². The first-order chi connectivity index (χ1) is 20.4. The van der Waals surface area contributed by atoms with Gasteiger partial charge in [-0.15, -0.1) is 0 Å². The highest BCUT2D eigenvalue weighted by Gasteiger charge is 2.34. The third-order valence-electron chi connectivity index (χ3n) is 8.48. The number of carbonyl (C=O) groups is 1. The molecule has 2 fully saturated rings. The molecular weight excluding hydrogens is 550 g/mol. The summed E-state index contributed by atoms with van der Waals surface area (Å²) in [5, 5.41) is 0.350. The van der Waals surface area contributed by atoms with Gasteiger partial charge in [-0.2, -0.15) is 0 Å². The average Bonchev–Trinajstić information content (AvgIpc) is 3.65. The van der Waals surface area contributed by atoms with Crippen molar-refractivity contribution in [1.82, 2.24) is 4.90 Å². The van der Waals surface area contributed by atoms with Crippen LogP contribution in [0.4, 0.5) is 4.79 Å². The highest BCUT2D eigenvalue weighted by molar-refractivity contribution is 7.92. The van der Waals surface area contributed by atoms with Gasteiger partial charge < -0.3 is 28.4 Å². The van der Waals surface area contributed by atoms with Crippen LogP contribution < -0.4 is 4.74 Å². The minimum Gasteiger partial charge on any atom is -0.611 e. The van der Waals surface area contributed by atoms with E-state index in [0.29, 0.717) is 18.4 Å². The van der Waals surface area contributed by atoms with Gasteiger partial charge in [0.2, 0.25) is 5.79 Å². The summed E-state index contributed by atoms with van der Waals surface area (Å²) < 4.78 is 36.0. The number of unbranched alkanes of at least 4 members (excludes halogenated alkanes) is 4. The maximum absolute atomic E-state index is 12.8. The molecule has 1 saturated heterocycles. The fraction of sp³-hybridized carbons (Fsp3) is 0.618. The number of hydrogen-bond acceptors (Lipinski definition) is 6. The van der Waals surface area contributed by atoms with Crippen LogP contribution in [0.15, 0.2) is 47.4 Å². The highest BCUT2D eigenvalue weighted by Crippen LogP contribution is 2.35. The van der Waals surface area contributed by atoms with E-state index in [2.05, 4.69) is 18.2 Å². The lowest BCUT2D eigenvalue weighted by Gasteiger charge is -2.32. The maximum Gasteiger partial charge on any atom is 0.410 e. The summed E-state index contributed by atoms with van der Waals surface area (Å²) in [6.07, 6.45) is 11.4. The fourth-order valence-electron chi connectivity index (χ4n) is 6.04. The second-order valence-corrected chi connectivity index (χ2v) is 14.0. The molecule has 2 aromatic rings. The smallest absolute Gasteiger partial charge is 0.410 e. The van der Waals surface area contributed by atoms with Crippen molar-refractivity contribution in [3.8, 4) is 5.75 Å². The van der Waals surface area contributed by atoms with E-state index in [4.69, 9.17) is 18.9 Å². The number of ether oxygens (including phenoxy) is 4. The SMILES string of the molecule is CC1(C)OCc2cc([C@@H]3CN(CCCCCCOCCCCc4cccc([S+]([O-])C5CCCC5)c4)C(=O)O3)ccc2O1. The molecule has 0 spiro atoms. The molecule has 0 radical (unpaired) electrons. The monoisotopic (exact) mass is 597 g/mol. The largest absolute Gasteiger partial charge is 0.611 e. The van der Waals surface area contributed by atoms with E-state index in [1.165, 1.54) is 18.4 Å². The summed E-state index contributed by atoms with van der Waals surface area (Å²) in [5.74, 6) is 0.207. The minimum absolute atomic E-state index is 0.233. The molecule has 2 aromatic carbocycles. The van der Waals surface area contributed by atoms with Crippen LogP contribution in [0.2, 0.25) is 0 Å². The predicted molar refractivity (Wildman–Crippen MR) is 164 cm³/mol. The molecule has 1 amide bonds. The summed E-state index contributed by atoms with van der Waals surface area (Å²) in [5.41, 5.74) is 3.25. The van der Waals surface area contributed by atoms with Crippen LogP contribution in [-0.4, -0.2) is 52.9 Å². The van der Waals surface area contributed by atoms with Crippen LogP contribution in [-0.2, 0) is 38.4 Å². The van der Waals surface area contributed by atoms with E-state index in [1.807, 2.05) is 43.0 Å². The fourth-order valence-corrected chi connectivity index (χ4v) is 7.67. The van der Waals surface area contributed by atoms with E-state index in [-0.39, 0.29) is 12.2 Å². The lowest BCUT2D eigenvalue weighted by atomic mass is 10.0. The molecule has 42 heavy (non-hydrogen) atoms. The molecule has 1 saturated carbocycles. The second kappa shape index (κ2) is 15.0. The maximum atomic E-state index is 12.8. The first kappa shape index (κ1) is 31.2. The predicted octanol–water partition coefficient (Wildman–Crippen LogP) is 7.48. The quantitative estimate of drug-likeness (QED) is 0.156. The minimum atomic E-state index is -0.857. The molecule has 1 aliphatic carbocycles. The Hall–Kier alpha value is -2.26. The summed E-state index contributed by atoms with van der Waals surface area (Å²) in [7, 11) is 0. The topological polar surface area (TPSA) is 80.3 Å². The van der Waals surface area contributed by atoms with Crippen LogP contribution in [0, 0.1) is 0 Å². The standard InChI is InChI=1S/C34H47NO6S/c1-34(2)39-25-28-23-27(17-18-31(28)41-34)32-24-35(33(36)40-32)19-8-3-4-9-20-38-21-10-7-12-26-13-11-16-30(22-26)42(37)29-14-5-6-15-29/h11,13,16-18,22-23,29,32H,3-10,12,14-15,19-21,24-25H2,1-2H3/t32-,42?/m0/s1. The van der Waals surface area contributed by atoms with Crippen molar-refractivity contribution in [2.75, 3.05) is 26.3 Å². The Kier molecular flexibility index (Phi) is 11.1. The van der Waals surface area contributed by atoms with Crippen molar-refractivity contribution < 1.29 is 28.3 Å². The van der Waals surface area contributed by atoms with Gasteiger partial charge in [0.1, 0.15) is 17.1 Å². The molecule has 8 heteroatoms. The van der Waals surface area contributed by atoms with E-state index in [9.17, 15) is 9.35 Å². The van der Waals surface area contributed by atoms with Gasteiger partial charge in [-0.1, -0.05) is 31.0 Å². The number of hydrogen-bond donors (Lipinski definition) is 0. The van der Waals surface area contributed by atoms with Crippen molar-refractivity contribution in [1.29, 1.82) is 0 Å². The second-order valence-electron chi connectivity index (χ2n) is 12.3. The zero-order chi connectivity index (χ0) is 29.4. The molecule has 1 unspecified atom stereocenters. The normalized spacial score (nSPS) is 20.8. The molecule has 7 nitrogen and oxygen atoms in total. The summed E-state index contributed by atoms with van der Waals surface area (Å²) in [6.45, 7) is 7.16. The molecule has 2 aliphatic heterocycles. The number of rotatable bonds is 15. The average molecular weight is 598 g/mol. The number of benzene rings is 2. The molecule has 2 heterocycles. The molecule has 3 aliphatic rings. The van der Waals surface area contributed by atoms with Crippen molar-refractivity contribution in [3.05, 3.63) is 59.2 Å². The first-order valence-corrected chi connectivity index (χ1v) is 17.1. The van der Waals surface area contributed by atoms with Gasteiger partial charge in [-0.25, -0.2) is 4.79 Å². The molecule has 0 N–H and O–H groups in total. The number of carbonyl (C=O) groups excluding carboxylic acids is 1. The number of cyclic esters (lactones) is 1. The van der Waals surface area contributed by atoms with E-state index in [0.717, 1.165) is 99.3 Å². The number of aryl methyl sites for hydroxylation is 1. The Morgan fingerprint density at radius 2 is 1.79 bits per heavy atom. The lowest BCUT2D eigenvalue weighted by Crippen LogP contribution is -2.35. The van der Waals surface area contributed by atoms with E-state index < -0.39 is 17.0 Å². The number of amides is 1. The summed E-state index contributed by atoms with van der Waals surface area (Å²) in [6, 6.07) is 14.4. The third kappa shape index (κ3) is 8.65. The van der Waals surface area contributed by atoms with Crippen LogP contribution in [0.25, 0.3) is 0 Å². The van der Waals surface area contributed by atoms with Crippen LogP contribution in [0.1, 0.15) is 101 Å². The Morgan fingerprint density at radius 3 is 2.62 bits per heavy atom. The highest BCUT2D eigenvalue weighted by atomic mass is 32.2. The molecule has 0 aromatic heterocycles. The Labute approximate surface area is 254 Å². The van der Waals surface area contributed by atoms with Gasteiger partial charge in [0, 0.05) is 39.2 Å². The zero-order valence-electron chi connectivity index (χ0n) is 25.3. The molecule has 0 bridgehead atoms. The van der Waals surface area contributed by atoms with Gasteiger partial charge >= 0.3 is 6.09 Å². The van der Waals surface area contributed by atoms with Gasteiger partial charge in [-0.05, 0) is 104 Å². The number of nitrogens with zero attached hydrogens (tertiary/aromatic N) is 1. The first-order valence-electron chi connectivity index (χ1n) is 15.9. The van der Waals surface area contributed by atoms with Crippen molar-refractivity contribution in [2.24, 2.45) is 0 Å². The summed E-state index contributed by atoms with van der Waals surface area (Å²) in [4.78, 5) is 15.3. The van der Waals surface area contributed by atoms with Gasteiger partial charge in [0.15, 0.2) is 4.90 Å². The van der Waals surface area contributed by atoms with Crippen LogP contribution in [0.3, 0.4) is 0 Å². The van der Waals surface area contributed by atoms with Crippen LogP contribution >= 0.6 is 0 Å². The Bertz CT molecular complexity index is 1170. The van der Waals surface area contributed by atoms with Crippen molar-refractivity contribution in [2.45, 2.75) is 113 Å². The third-order valence-corrected chi connectivity index (χ3v) is 10.3. The molecule has 5 rings (SSSR count). The van der Waals surface area contributed by atoms with Crippen LogP contribution in [0.5, 0.6) is 5.75 Å². The molecule has 230 valence electrons. The van der Waals surface area contributed by atoms with Gasteiger partial charge in [0.25, 0.3) is 0 Å². The number of fused-ring (bicyclic) bond motifs is 1. The summed E-state index contributed by atoms with van der Waals surface area (Å²) >= 11 is -0.857. The van der Waals surface area contributed by atoms with Gasteiger partial charge in [-0.3, -0.25) is 0 Å². The van der Waals surface area contributed by atoms with Crippen molar-refractivity contribution in [3.63, 3.8) is 0 Å². The Morgan fingerprint density at radius 1 is 1.00 bits per heavy atom. The molecular formula is C34H47NO6S. The Balaban J connectivity index is 0.895. The van der Waals surface area contributed by atoms with E-state index in [1.54, 1.807) is 0 Å². The molecule has 2 atom stereocenters.